The van der Waals surface area contributed by atoms with Crippen molar-refractivity contribution in [1.29, 1.82) is 5.26 Å². The largest absolute Gasteiger partial charge is 0.492 e. The predicted octanol–water partition coefficient (Wildman–Crippen LogP) is 4.88. The van der Waals surface area contributed by atoms with Crippen molar-refractivity contribution >= 4 is 27.6 Å². The first kappa shape index (κ1) is 35.2. The molecule has 1 unspecified atom stereocenters. The summed E-state index contributed by atoms with van der Waals surface area (Å²) in [7, 11) is -4.62. The number of carbonyl (C=O) groups excluding carboxylic acids is 2. The zero-order chi connectivity index (χ0) is 35.5. The summed E-state index contributed by atoms with van der Waals surface area (Å²) in [5, 5.41) is 12.9. The van der Waals surface area contributed by atoms with Gasteiger partial charge in [0.05, 0.1) is 36.1 Å². The van der Waals surface area contributed by atoms with Crippen LogP contribution >= 0.6 is 0 Å². The number of rotatable bonds is 10. The second-order valence-electron chi connectivity index (χ2n) is 12.9. The summed E-state index contributed by atoms with van der Waals surface area (Å²) < 4.78 is 41.4. The van der Waals surface area contributed by atoms with E-state index in [0.717, 1.165) is 45.3 Å². The minimum atomic E-state index is -4.62. The van der Waals surface area contributed by atoms with Crippen molar-refractivity contribution in [3.8, 4) is 17.7 Å². The predicted molar refractivity (Wildman–Crippen MR) is 187 cm³/mol. The molecule has 3 aromatic rings. The van der Waals surface area contributed by atoms with Gasteiger partial charge in [-0.25, -0.2) is 18.2 Å². The number of anilines is 1. The van der Waals surface area contributed by atoms with E-state index in [-0.39, 0.29) is 52.1 Å². The average Bonchev–Trinajstić information content (AvgIpc) is 3.39. The van der Waals surface area contributed by atoms with Crippen molar-refractivity contribution in [2.45, 2.75) is 56.9 Å². The molecule has 1 N–H and O–H groups in total. The molecule has 1 aromatic heterocycles. The molecule has 13 heteroatoms. The third kappa shape index (κ3) is 6.26. The standard InChI is InChI=1S/C37H44N6O6S/c1-4-41-20-15-27(16-21-41)28-17-22-42(23-18-28)36(45)40-37(29-10-9-19-39-34(29)49-6-3)30-24-26(25-38)13-14-31(30)43(35(37)44)50(46,47)33-12-8-7-11-32(33)48-5-2/h7-14,19,24,27-28H,4-6,15-18,20-23H2,1-3H3,(H,40,45). The molecule has 264 valence electrons. The molecule has 0 aliphatic carbocycles. The molecule has 0 saturated carbocycles. The molecule has 0 radical (unpaired) electrons. The van der Waals surface area contributed by atoms with E-state index in [0.29, 0.717) is 29.2 Å². The summed E-state index contributed by atoms with van der Waals surface area (Å²) in [4.78, 5) is 37.9. The van der Waals surface area contributed by atoms with Crippen LogP contribution in [0.3, 0.4) is 0 Å². The summed E-state index contributed by atoms with van der Waals surface area (Å²) in [6, 6.07) is 15.2. The van der Waals surface area contributed by atoms with E-state index >= 15 is 4.79 Å². The number of benzene rings is 2. The Kier molecular flexibility index (Phi) is 10.3. The minimum Gasteiger partial charge on any atom is -0.492 e. The number of hydrogen-bond donors (Lipinski definition) is 1. The maximum atomic E-state index is 15.2. The van der Waals surface area contributed by atoms with Crippen LogP contribution < -0.4 is 19.1 Å². The lowest BCUT2D eigenvalue weighted by molar-refractivity contribution is -0.121. The number of pyridine rings is 1. The highest BCUT2D eigenvalue weighted by molar-refractivity contribution is 7.93. The first-order valence-corrected chi connectivity index (χ1v) is 18.9. The Hall–Kier alpha value is -4.67. The lowest BCUT2D eigenvalue weighted by atomic mass is 9.79. The molecule has 1 atom stereocenters. The highest BCUT2D eigenvalue weighted by atomic mass is 32.2. The topological polar surface area (TPSA) is 145 Å². The van der Waals surface area contributed by atoms with E-state index < -0.39 is 27.5 Å². The van der Waals surface area contributed by atoms with E-state index in [1.807, 2.05) is 0 Å². The molecule has 2 aromatic carbocycles. The molecule has 12 nitrogen and oxygen atoms in total. The fraction of sp³-hybridized carbons (Fsp3) is 0.459. The third-order valence-corrected chi connectivity index (χ3v) is 12.0. The van der Waals surface area contributed by atoms with Crippen LogP contribution in [0.1, 0.15) is 63.1 Å². The van der Waals surface area contributed by atoms with Crippen LogP contribution in [-0.2, 0) is 20.4 Å². The normalized spacial score (nSPS) is 20.3. The lowest BCUT2D eigenvalue weighted by Gasteiger charge is -2.41. The molecular weight excluding hydrogens is 657 g/mol. The van der Waals surface area contributed by atoms with Gasteiger partial charge in [0.1, 0.15) is 10.6 Å². The number of nitriles is 1. The molecular formula is C37H44N6O6S. The Morgan fingerprint density at radius 2 is 1.62 bits per heavy atom. The van der Waals surface area contributed by atoms with E-state index in [1.54, 1.807) is 43.0 Å². The Labute approximate surface area is 294 Å². The van der Waals surface area contributed by atoms with Crippen molar-refractivity contribution in [3.05, 3.63) is 77.5 Å². The molecule has 0 bridgehead atoms. The monoisotopic (exact) mass is 700 g/mol. The van der Waals surface area contributed by atoms with Crippen molar-refractivity contribution in [2.75, 3.05) is 50.2 Å². The van der Waals surface area contributed by atoms with Crippen LogP contribution in [0, 0.1) is 23.2 Å². The number of likely N-dealkylation sites (tertiary alicyclic amines) is 2. The molecule has 50 heavy (non-hydrogen) atoms. The smallest absolute Gasteiger partial charge is 0.318 e. The molecule has 2 saturated heterocycles. The Balaban J connectivity index is 1.42. The maximum absolute atomic E-state index is 15.2. The fourth-order valence-electron chi connectivity index (χ4n) is 7.67. The number of urea groups is 1. The molecule has 3 aliphatic heterocycles. The van der Waals surface area contributed by atoms with Crippen molar-refractivity contribution in [2.24, 2.45) is 11.8 Å². The van der Waals surface area contributed by atoms with E-state index in [4.69, 9.17) is 9.47 Å². The first-order chi connectivity index (χ1) is 24.2. The van der Waals surface area contributed by atoms with Crippen LogP contribution in [0.5, 0.6) is 11.6 Å². The van der Waals surface area contributed by atoms with E-state index in [2.05, 4.69) is 28.2 Å². The first-order valence-electron chi connectivity index (χ1n) is 17.4. The minimum absolute atomic E-state index is 0.00373. The summed E-state index contributed by atoms with van der Waals surface area (Å²) in [5.74, 6) is 0.313. The van der Waals surface area contributed by atoms with Gasteiger partial charge in [0.15, 0.2) is 5.54 Å². The molecule has 3 aliphatic rings. The Morgan fingerprint density at radius 3 is 2.28 bits per heavy atom. The number of hydrogen-bond acceptors (Lipinski definition) is 9. The lowest BCUT2D eigenvalue weighted by Crippen LogP contribution is -2.58. The number of fused-ring (bicyclic) bond motifs is 1. The van der Waals surface area contributed by atoms with Gasteiger partial charge in [0, 0.05) is 24.8 Å². The second kappa shape index (κ2) is 14.7. The zero-order valence-electron chi connectivity index (χ0n) is 28.8. The quantitative estimate of drug-likeness (QED) is 0.313. The van der Waals surface area contributed by atoms with Crippen molar-refractivity contribution < 1.29 is 27.5 Å². The average molecular weight is 701 g/mol. The van der Waals surface area contributed by atoms with E-state index in [9.17, 15) is 18.5 Å². The molecule has 0 spiro atoms. The number of amides is 3. The zero-order valence-corrected chi connectivity index (χ0v) is 29.6. The number of aromatic nitrogens is 1. The molecule has 2 fully saturated rings. The Morgan fingerprint density at radius 1 is 0.940 bits per heavy atom. The highest BCUT2D eigenvalue weighted by Crippen LogP contribution is 2.50. The molecule has 3 amide bonds. The summed E-state index contributed by atoms with van der Waals surface area (Å²) in [6.07, 6.45) is 5.48. The number of ether oxygens (including phenoxy) is 2. The van der Waals surface area contributed by atoms with Crippen LogP contribution in [0.15, 0.2) is 65.7 Å². The van der Waals surface area contributed by atoms with Gasteiger partial charge in [-0.1, -0.05) is 19.1 Å². The number of carbonyl (C=O) groups is 2. The summed E-state index contributed by atoms with van der Waals surface area (Å²) in [6.45, 7) is 10.3. The van der Waals surface area contributed by atoms with Gasteiger partial charge in [-0.3, -0.25) is 4.79 Å². The molecule has 6 rings (SSSR count). The number of sulfonamides is 1. The van der Waals surface area contributed by atoms with Gasteiger partial charge in [-0.15, -0.1) is 0 Å². The van der Waals surface area contributed by atoms with Gasteiger partial charge in [0.25, 0.3) is 15.9 Å². The van der Waals surface area contributed by atoms with Gasteiger partial charge in [0.2, 0.25) is 5.88 Å². The summed E-state index contributed by atoms with van der Waals surface area (Å²) >= 11 is 0. The van der Waals surface area contributed by atoms with Crippen LogP contribution in [-0.4, -0.2) is 81.1 Å². The number of nitrogens with one attached hydrogen (secondary N) is 1. The third-order valence-electron chi connectivity index (χ3n) is 10.2. The maximum Gasteiger partial charge on any atom is 0.318 e. The van der Waals surface area contributed by atoms with E-state index in [1.165, 1.54) is 36.5 Å². The number of piperidine rings is 2. The number of para-hydroxylation sites is 1. The number of nitrogens with zero attached hydrogens (tertiary/aromatic N) is 5. The van der Waals surface area contributed by atoms with Crippen molar-refractivity contribution in [1.82, 2.24) is 20.1 Å². The van der Waals surface area contributed by atoms with Gasteiger partial charge >= 0.3 is 6.03 Å². The van der Waals surface area contributed by atoms with Crippen LogP contribution in [0.2, 0.25) is 0 Å². The fourth-order valence-corrected chi connectivity index (χ4v) is 9.27. The van der Waals surface area contributed by atoms with Crippen molar-refractivity contribution in [3.63, 3.8) is 0 Å². The Bertz CT molecular complexity index is 1880. The van der Waals surface area contributed by atoms with Gasteiger partial charge in [-0.05, 0) is 113 Å². The van der Waals surface area contributed by atoms with Crippen LogP contribution in [0.25, 0.3) is 0 Å². The van der Waals surface area contributed by atoms with Crippen LogP contribution in [0.4, 0.5) is 10.5 Å². The molecule has 4 heterocycles. The van der Waals surface area contributed by atoms with Gasteiger partial charge < -0.3 is 24.6 Å². The highest BCUT2D eigenvalue weighted by Gasteiger charge is 2.59. The second-order valence-corrected chi connectivity index (χ2v) is 14.6. The summed E-state index contributed by atoms with van der Waals surface area (Å²) in [5.41, 5.74) is -1.64. The SMILES string of the molecule is CCOc1ccccc1S(=O)(=O)N1C(=O)C(NC(=O)N2CCC(C3CCN(CC)CC3)CC2)(c2cccnc2OCC)c2cc(C#N)ccc21. The van der Waals surface area contributed by atoms with Gasteiger partial charge in [-0.2, -0.15) is 9.57 Å².